The molecular formula is C26H30FN5O6. The van der Waals surface area contributed by atoms with Crippen LogP contribution in [0.4, 0.5) is 14.9 Å². The summed E-state index contributed by atoms with van der Waals surface area (Å²) in [5.74, 6) is -2.33. The smallest absolute Gasteiger partial charge is 0.328 e. The number of aromatic nitrogens is 1. The van der Waals surface area contributed by atoms with E-state index in [2.05, 4.69) is 21.1 Å². The Labute approximate surface area is 217 Å². The second kappa shape index (κ2) is 9.04. The summed E-state index contributed by atoms with van der Waals surface area (Å²) in [7, 11) is 0. The van der Waals surface area contributed by atoms with Crippen molar-refractivity contribution in [1.82, 2.24) is 21.1 Å². The van der Waals surface area contributed by atoms with Crippen molar-refractivity contribution < 1.29 is 32.8 Å². The average Bonchev–Trinajstić information content (AvgIpc) is 3.30. The number of nitrogens with zero attached hydrogens (tertiary/aromatic N) is 2. The van der Waals surface area contributed by atoms with E-state index in [1.165, 1.54) is 6.42 Å². The van der Waals surface area contributed by atoms with Crippen LogP contribution in [0.25, 0.3) is 11.0 Å². The van der Waals surface area contributed by atoms with Gasteiger partial charge in [0.15, 0.2) is 16.9 Å². The first-order valence-corrected chi connectivity index (χ1v) is 13.2. The molecule has 1 aliphatic carbocycles. The van der Waals surface area contributed by atoms with Crippen molar-refractivity contribution >= 4 is 40.4 Å². The Morgan fingerprint density at radius 3 is 2.61 bits per heavy atom. The highest BCUT2D eigenvalue weighted by Crippen LogP contribution is 2.49. The lowest BCUT2D eigenvalue weighted by molar-refractivity contribution is -0.153. The van der Waals surface area contributed by atoms with Crippen LogP contribution >= 0.6 is 0 Å². The third-order valence-electron chi connectivity index (χ3n) is 8.46. The molecule has 4 heterocycles. The van der Waals surface area contributed by atoms with Gasteiger partial charge in [-0.25, -0.2) is 9.18 Å². The summed E-state index contributed by atoms with van der Waals surface area (Å²) < 4.78 is 27.4. The summed E-state index contributed by atoms with van der Waals surface area (Å²) >= 11 is 0. The third-order valence-corrected chi connectivity index (χ3v) is 8.46. The lowest BCUT2D eigenvalue weighted by atomic mass is 9.66. The molecule has 11 nitrogen and oxygen atoms in total. The van der Waals surface area contributed by atoms with Crippen LogP contribution in [-0.4, -0.2) is 60.2 Å². The van der Waals surface area contributed by atoms with Gasteiger partial charge < -0.3 is 19.5 Å². The number of fused-ring (bicyclic) bond motifs is 5. The first kappa shape index (κ1) is 24.8. The van der Waals surface area contributed by atoms with Gasteiger partial charge in [0.1, 0.15) is 0 Å². The Hall–Kier alpha value is -3.54. The molecule has 6 rings (SSSR count). The van der Waals surface area contributed by atoms with Crippen LogP contribution < -0.4 is 20.9 Å². The summed E-state index contributed by atoms with van der Waals surface area (Å²) in [6.07, 6.45) is 4.42. The summed E-state index contributed by atoms with van der Waals surface area (Å²) in [6, 6.07) is -0.217. The first-order chi connectivity index (χ1) is 18.2. The van der Waals surface area contributed by atoms with Gasteiger partial charge in [-0.1, -0.05) is 24.4 Å². The summed E-state index contributed by atoms with van der Waals surface area (Å²) in [5.41, 5.74) is -1.44. The molecule has 4 aliphatic rings. The molecule has 3 fully saturated rings. The van der Waals surface area contributed by atoms with Gasteiger partial charge in [0.25, 0.3) is 5.91 Å². The van der Waals surface area contributed by atoms with Crippen LogP contribution in [0, 0.1) is 17.2 Å². The minimum absolute atomic E-state index is 0.0508. The molecule has 5 amide bonds. The third kappa shape index (κ3) is 3.68. The molecule has 1 aromatic heterocycles. The van der Waals surface area contributed by atoms with Gasteiger partial charge in [0.2, 0.25) is 17.4 Å². The van der Waals surface area contributed by atoms with Crippen molar-refractivity contribution in [2.45, 2.75) is 70.6 Å². The number of nitrogens with one attached hydrogen (secondary N) is 3. The maximum Gasteiger partial charge on any atom is 0.328 e. The topological polar surface area (TPSA) is 143 Å². The molecule has 2 aromatic rings. The van der Waals surface area contributed by atoms with Crippen molar-refractivity contribution in [3.05, 3.63) is 23.1 Å². The fourth-order valence-electron chi connectivity index (χ4n) is 6.82. The van der Waals surface area contributed by atoms with Crippen LogP contribution in [-0.2, 0) is 20.7 Å². The highest BCUT2D eigenvalue weighted by atomic mass is 19.1. The predicted octanol–water partition coefficient (Wildman–Crippen LogP) is 2.17. The predicted molar refractivity (Wildman–Crippen MR) is 132 cm³/mol. The number of benzene rings is 1. The SMILES string of the molecule is C[C@@H]1CN2c3c(cc4c(C(=O)NCC5CCCCC5)noc4c3F)CC3(C(=O)NC(=O)NC3=O)[C@@H]2[C@H](C)O1. The van der Waals surface area contributed by atoms with Crippen molar-refractivity contribution in [1.29, 1.82) is 0 Å². The van der Waals surface area contributed by atoms with Crippen molar-refractivity contribution in [2.75, 3.05) is 18.0 Å². The lowest BCUT2D eigenvalue weighted by Gasteiger charge is -2.55. The van der Waals surface area contributed by atoms with Gasteiger partial charge in [-0.2, -0.15) is 0 Å². The van der Waals surface area contributed by atoms with E-state index in [-0.39, 0.29) is 41.4 Å². The van der Waals surface area contributed by atoms with E-state index in [4.69, 9.17) is 9.26 Å². The number of anilines is 1. The minimum atomic E-state index is -1.75. The highest BCUT2D eigenvalue weighted by molar-refractivity contribution is 6.20. The minimum Gasteiger partial charge on any atom is -0.372 e. The Morgan fingerprint density at radius 1 is 1.18 bits per heavy atom. The number of rotatable bonds is 3. The zero-order chi connectivity index (χ0) is 26.8. The number of morpholine rings is 1. The number of barbiturate groups is 1. The van der Waals surface area contributed by atoms with E-state index in [0.29, 0.717) is 18.0 Å². The van der Waals surface area contributed by atoms with Crippen LogP contribution in [0.5, 0.6) is 0 Å². The summed E-state index contributed by atoms with van der Waals surface area (Å²) in [6.45, 7) is 4.24. The molecule has 38 heavy (non-hydrogen) atoms. The second-order valence-corrected chi connectivity index (χ2v) is 11.0. The Balaban J connectivity index is 1.43. The molecule has 1 aromatic carbocycles. The average molecular weight is 528 g/mol. The molecule has 1 spiro atoms. The van der Waals surface area contributed by atoms with Crippen LogP contribution in [0.15, 0.2) is 10.6 Å². The molecule has 0 unspecified atom stereocenters. The quantitative estimate of drug-likeness (QED) is 0.516. The largest absolute Gasteiger partial charge is 0.372 e. The number of carbonyl (C=O) groups is 4. The van der Waals surface area contributed by atoms with Gasteiger partial charge in [-0.15, -0.1) is 0 Å². The van der Waals surface area contributed by atoms with Gasteiger partial charge in [-0.3, -0.25) is 25.0 Å². The molecule has 202 valence electrons. The van der Waals surface area contributed by atoms with E-state index in [1.54, 1.807) is 17.9 Å². The number of imide groups is 2. The number of amides is 5. The standard InChI is InChI=1S/C26H30FN5O6/c1-12-11-32-19-15(9-26(21(32)13(2)37-12)23(34)29-25(36)30-24(26)35)8-16-18(31-38-20(16)17(19)27)22(33)28-10-14-6-4-3-5-7-14/h8,12-14,21H,3-7,9-11H2,1-2H3,(H,28,33)(H2,29,30,34,35,36)/t12-,13+,21+/m1/s1. The molecule has 0 radical (unpaired) electrons. The molecule has 2 saturated heterocycles. The van der Waals surface area contributed by atoms with E-state index in [1.807, 2.05) is 6.92 Å². The number of hydrogen-bond donors (Lipinski definition) is 3. The molecule has 0 bridgehead atoms. The van der Waals surface area contributed by atoms with Gasteiger partial charge in [-0.05, 0) is 44.2 Å². The van der Waals surface area contributed by atoms with Crippen molar-refractivity contribution in [3.63, 3.8) is 0 Å². The zero-order valence-electron chi connectivity index (χ0n) is 21.3. The second-order valence-electron chi connectivity index (χ2n) is 11.0. The van der Waals surface area contributed by atoms with Gasteiger partial charge in [0.05, 0.1) is 29.3 Å². The van der Waals surface area contributed by atoms with E-state index < -0.39 is 47.1 Å². The van der Waals surface area contributed by atoms with Crippen molar-refractivity contribution in [2.24, 2.45) is 11.3 Å². The van der Waals surface area contributed by atoms with Crippen LogP contribution in [0.3, 0.4) is 0 Å². The monoisotopic (exact) mass is 527 g/mol. The normalized spacial score (nSPS) is 27.1. The Kier molecular flexibility index (Phi) is 5.89. The molecule has 3 aliphatic heterocycles. The maximum atomic E-state index is 16.1. The van der Waals surface area contributed by atoms with Crippen LogP contribution in [0.2, 0.25) is 0 Å². The number of carbonyl (C=O) groups excluding carboxylic acids is 4. The van der Waals surface area contributed by atoms with Crippen LogP contribution in [0.1, 0.15) is 62.0 Å². The van der Waals surface area contributed by atoms with E-state index >= 15 is 4.39 Å². The van der Waals surface area contributed by atoms with Gasteiger partial charge >= 0.3 is 6.03 Å². The van der Waals surface area contributed by atoms with E-state index in [9.17, 15) is 19.2 Å². The number of urea groups is 1. The fraction of sp³-hybridized carbons (Fsp3) is 0.577. The molecule has 12 heteroatoms. The number of hydrogen-bond acceptors (Lipinski definition) is 8. The zero-order valence-corrected chi connectivity index (χ0v) is 21.3. The highest BCUT2D eigenvalue weighted by Gasteiger charge is 2.63. The Morgan fingerprint density at radius 2 is 1.89 bits per heavy atom. The number of ether oxygens (including phenoxy) is 1. The summed E-state index contributed by atoms with van der Waals surface area (Å²) in [5, 5.41) is 11.4. The fourth-order valence-corrected chi connectivity index (χ4v) is 6.82. The Bertz CT molecular complexity index is 1330. The summed E-state index contributed by atoms with van der Waals surface area (Å²) in [4.78, 5) is 53.3. The van der Waals surface area contributed by atoms with E-state index in [0.717, 1.165) is 25.7 Å². The lowest BCUT2D eigenvalue weighted by Crippen LogP contribution is -2.75. The molecule has 1 saturated carbocycles. The maximum absolute atomic E-state index is 16.1. The molecule has 3 atom stereocenters. The van der Waals surface area contributed by atoms with Gasteiger partial charge in [0, 0.05) is 19.5 Å². The first-order valence-electron chi connectivity index (χ1n) is 13.2. The van der Waals surface area contributed by atoms with Crippen molar-refractivity contribution in [3.8, 4) is 0 Å². The molecule has 3 N–H and O–H groups in total. The molecular weight excluding hydrogens is 497 g/mol. The number of halogens is 1.